The van der Waals surface area contributed by atoms with Crippen LogP contribution in [-0.2, 0) is 26.0 Å². The molecule has 9 heteroatoms. The Kier molecular flexibility index (Phi) is 6.13. The highest BCUT2D eigenvalue weighted by atomic mass is 32.2. The number of carbonyl (C=O) groups is 2. The summed E-state index contributed by atoms with van der Waals surface area (Å²) in [5.41, 5.74) is 1.13. The maximum atomic E-state index is 12.8. The summed E-state index contributed by atoms with van der Waals surface area (Å²) in [5.74, 6) is -0.305. The molecule has 0 aromatic heterocycles. The van der Waals surface area contributed by atoms with Gasteiger partial charge in [-0.25, -0.2) is 18.1 Å². The van der Waals surface area contributed by atoms with E-state index < -0.39 is 16.1 Å². The highest BCUT2D eigenvalue weighted by Gasteiger charge is 2.32. The molecule has 8 nitrogen and oxygen atoms in total. The van der Waals surface area contributed by atoms with Crippen LogP contribution >= 0.6 is 0 Å². The third kappa shape index (κ3) is 4.48. The minimum atomic E-state index is -3.53. The molecule has 1 aromatic carbocycles. The Hall–Kier alpha value is -1.97. The summed E-state index contributed by atoms with van der Waals surface area (Å²) in [6, 6.07) is 7.05. The lowest BCUT2D eigenvalue weighted by molar-refractivity contribution is -0.129. The number of rotatable bonds is 6. The first-order valence-electron chi connectivity index (χ1n) is 9.20. The monoisotopic (exact) mass is 395 g/mol. The number of cyclic esters (lactones) is 1. The van der Waals surface area contributed by atoms with Gasteiger partial charge in [-0.2, -0.15) is 4.31 Å². The molecule has 2 heterocycles. The van der Waals surface area contributed by atoms with E-state index in [1.54, 1.807) is 12.1 Å². The van der Waals surface area contributed by atoms with Crippen LogP contribution in [0.5, 0.6) is 0 Å². The summed E-state index contributed by atoms with van der Waals surface area (Å²) >= 11 is 0. The summed E-state index contributed by atoms with van der Waals surface area (Å²) in [6.45, 7) is 4.21. The fraction of sp³-hybridized carbons (Fsp3) is 0.556. The molecule has 0 radical (unpaired) electrons. The number of amides is 2. The first-order chi connectivity index (χ1) is 12.9. The maximum Gasteiger partial charge on any atom is 0.416 e. The summed E-state index contributed by atoms with van der Waals surface area (Å²) < 4.78 is 31.8. The van der Waals surface area contributed by atoms with Gasteiger partial charge in [-0.15, -0.1) is 0 Å². The van der Waals surface area contributed by atoms with Gasteiger partial charge >= 0.3 is 6.09 Å². The Labute approximate surface area is 159 Å². The number of carbonyl (C=O) groups excluding carboxylic acids is 2. The number of imide groups is 1. The predicted molar refractivity (Wildman–Crippen MR) is 98.7 cm³/mol. The van der Waals surface area contributed by atoms with Gasteiger partial charge in [-0.1, -0.05) is 25.5 Å². The molecule has 27 heavy (non-hydrogen) atoms. The minimum absolute atomic E-state index is 0.0920. The smallest absolute Gasteiger partial charge is 0.416 e. The average Bonchev–Trinajstić information content (AvgIpc) is 3.09. The van der Waals surface area contributed by atoms with Gasteiger partial charge in [0.1, 0.15) is 6.61 Å². The quantitative estimate of drug-likeness (QED) is 0.712. The molecule has 0 aliphatic carbocycles. The van der Waals surface area contributed by atoms with Crippen LogP contribution in [0.15, 0.2) is 29.2 Å². The maximum absolute atomic E-state index is 12.8. The number of aryl methyl sites for hydroxylation is 1. The Morgan fingerprint density at radius 1 is 1.07 bits per heavy atom. The molecule has 0 unspecified atom stereocenters. The number of ether oxygens (including phenoxy) is 1. The van der Waals surface area contributed by atoms with E-state index in [-0.39, 0.29) is 25.6 Å². The Morgan fingerprint density at radius 3 is 2.30 bits per heavy atom. The zero-order chi connectivity index (χ0) is 19.4. The molecule has 148 valence electrons. The first-order valence-corrected chi connectivity index (χ1v) is 10.6. The average molecular weight is 395 g/mol. The van der Waals surface area contributed by atoms with Crippen LogP contribution < -0.4 is 0 Å². The van der Waals surface area contributed by atoms with Crippen LogP contribution in [0.25, 0.3) is 0 Å². The molecule has 3 rings (SSSR count). The first kappa shape index (κ1) is 19.8. The molecule has 1 aromatic rings. The zero-order valence-electron chi connectivity index (χ0n) is 15.5. The number of hydrogen-bond acceptors (Lipinski definition) is 6. The third-order valence-corrected chi connectivity index (χ3v) is 6.76. The summed E-state index contributed by atoms with van der Waals surface area (Å²) in [6.07, 6.45) is 1.34. The Morgan fingerprint density at radius 2 is 1.74 bits per heavy atom. The van der Waals surface area contributed by atoms with Crippen LogP contribution in [0, 0.1) is 0 Å². The molecule has 0 bridgehead atoms. The largest absolute Gasteiger partial charge is 0.447 e. The molecular weight excluding hydrogens is 370 g/mol. The predicted octanol–water partition coefficient (Wildman–Crippen LogP) is 0.924. The number of sulfonamides is 1. The molecule has 0 saturated carbocycles. The number of benzene rings is 1. The van der Waals surface area contributed by atoms with Gasteiger partial charge < -0.3 is 4.74 Å². The van der Waals surface area contributed by atoms with Gasteiger partial charge in [0.2, 0.25) is 15.9 Å². The van der Waals surface area contributed by atoms with Crippen molar-refractivity contribution in [2.45, 2.75) is 24.7 Å². The third-order valence-electron chi connectivity index (χ3n) is 4.85. The van der Waals surface area contributed by atoms with E-state index in [9.17, 15) is 18.0 Å². The minimum Gasteiger partial charge on any atom is -0.447 e. The molecule has 2 aliphatic heterocycles. The topological polar surface area (TPSA) is 87.2 Å². The summed E-state index contributed by atoms with van der Waals surface area (Å²) in [4.78, 5) is 26.9. The van der Waals surface area contributed by atoms with E-state index in [0.717, 1.165) is 23.3 Å². The van der Waals surface area contributed by atoms with Crippen molar-refractivity contribution in [2.24, 2.45) is 0 Å². The van der Waals surface area contributed by atoms with Crippen molar-refractivity contribution < 1.29 is 22.7 Å². The van der Waals surface area contributed by atoms with Crippen molar-refractivity contribution in [1.29, 1.82) is 0 Å². The van der Waals surface area contributed by atoms with Gasteiger partial charge in [-0.3, -0.25) is 9.69 Å². The van der Waals surface area contributed by atoms with Gasteiger partial charge in [-0.05, 0) is 24.1 Å². The Balaban J connectivity index is 1.56. The lowest BCUT2D eigenvalue weighted by atomic mass is 10.1. The van der Waals surface area contributed by atoms with Crippen LogP contribution in [-0.4, -0.2) is 80.4 Å². The van der Waals surface area contributed by atoms with Crippen molar-refractivity contribution in [3.05, 3.63) is 29.8 Å². The fourth-order valence-corrected chi connectivity index (χ4v) is 4.71. The van der Waals surface area contributed by atoms with E-state index in [4.69, 9.17) is 4.74 Å². The molecule has 2 saturated heterocycles. The molecule has 0 spiro atoms. The van der Waals surface area contributed by atoms with Crippen LogP contribution in [0.2, 0.25) is 0 Å². The van der Waals surface area contributed by atoms with Gasteiger partial charge in [0.25, 0.3) is 0 Å². The SMILES string of the molecule is CCCc1ccc(S(=O)(=O)N2CCN(CC(=O)N3CCOC3=O)CC2)cc1. The van der Waals surface area contributed by atoms with Crippen LogP contribution in [0.4, 0.5) is 4.79 Å². The zero-order valence-corrected chi connectivity index (χ0v) is 16.3. The fourth-order valence-electron chi connectivity index (χ4n) is 3.29. The van der Waals surface area contributed by atoms with E-state index >= 15 is 0 Å². The second kappa shape index (κ2) is 8.37. The van der Waals surface area contributed by atoms with E-state index in [0.29, 0.717) is 31.1 Å². The van der Waals surface area contributed by atoms with Crippen molar-refractivity contribution >= 4 is 22.0 Å². The number of nitrogens with zero attached hydrogens (tertiary/aromatic N) is 3. The number of piperazine rings is 1. The van der Waals surface area contributed by atoms with Crippen LogP contribution in [0.1, 0.15) is 18.9 Å². The summed E-state index contributed by atoms with van der Waals surface area (Å²) in [7, 11) is -3.53. The van der Waals surface area contributed by atoms with Crippen molar-refractivity contribution in [1.82, 2.24) is 14.1 Å². The van der Waals surface area contributed by atoms with Gasteiger partial charge in [0.05, 0.1) is 18.0 Å². The lowest BCUT2D eigenvalue weighted by Crippen LogP contribution is -2.51. The van der Waals surface area contributed by atoms with Crippen LogP contribution in [0.3, 0.4) is 0 Å². The second-order valence-electron chi connectivity index (χ2n) is 6.73. The van der Waals surface area contributed by atoms with Gasteiger partial charge in [0, 0.05) is 26.2 Å². The molecule has 2 aliphatic rings. The number of hydrogen-bond donors (Lipinski definition) is 0. The summed E-state index contributed by atoms with van der Waals surface area (Å²) in [5, 5.41) is 0. The van der Waals surface area contributed by atoms with E-state index in [1.807, 2.05) is 17.0 Å². The van der Waals surface area contributed by atoms with Crippen molar-refractivity contribution in [3.8, 4) is 0 Å². The van der Waals surface area contributed by atoms with E-state index in [2.05, 4.69) is 6.92 Å². The molecular formula is C18H25N3O5S. The normalized spacial score (nSPS) is 19.3. The molecule has 0 atom stereocenters. The highest BCUT2D eigenvalue weighted by Crippen LogP contribution is 2.19. The molecule has 2 amide bonds. The van der Waals surface area contributed by atoms with Gasteiger partial charge in [0.15, 0.2) is 0 Å². The van der Waals surface area contributed by atoms with Crippen molar-refractivity contribution in [2.75, 3.05) is 45.9 Å². The standard InChI is InChI=1S/C18H25N3O5S/c1-2-3-15-4-6-16(7-5-15)27(24,25)20-10-8-19(9-11-20)14-17(22)21-12-13-26-18(21)23/h4-7H,2-3,8-14H2,1H3. The van der Waals surface area contributed by atoms with E-state index in [1.165, 1.54) is 4.31 Å². The highest BCUT2D eigenvalue weighted by molar-refractivity contribution is 7.89. The second-order valence-corrected chi connectivity index (χ2v) is 8.67. The Bertz CT molecular complexity index is 786. The molecule has 2 fully saturated rings. The lowest BCUT2D eigenvalue weighted by Gasteiger charge is -2.33. The molecule has 0 N–H and O–H groups in total. The van der Waals surface area contributed by atoms with Crippen molar-refractivity contribution in [3.63, 3.8) is 0 Å².